The van der Waals surface area contributed by atoms with Crippen LogP contribution in [-0.2, 0) is 0 Å². The van der Waals surface area contributed by atoms with Crippen molar-refractivity contribution in [3.63, 3.8) is 0 Å². The summed E-state index contributed by atoms with van der Waals surface area (Å²) in [5.74, 6) is 1.09. The highest BCUT2D eigenvalue weighted by Crippen LogP contribution is 2.29. The maximum atomic E-state index is 4.67. The lowest BCUT2D eigenvalue weighted by Crippen LogP contribution is -2.15. The Kier molecular flexibility index (Phi) is 2.16. The third kappa shape index (κ3) is 1.94. The van der Waals surface area contributed by atoms with Gasteiger partial charge in [0.2, 0.25) is 0 Å². The van der Waals surface area contributed by atoms with Crippen molar-refractivity contribution in [2.75, 3.05) is 5.75 Å². The smallest absolute Gasteiger partial charge is 0.0984 e. The third-order valence-corrected chi connectivity index (χ3v) is 3.44. The summed E-state index contributed by atoms with van der Waals surface area (Å²) in [6.07, 6.45) is 0. The summed E-state index contributed by atoms with van der Waals surface area (Å²) in [6, 6.07) is 10.4. The molecule has 68 valence electrons. The highest BCUT2D eigenvalue weighted by Gasteiger charge is 2.25. The summed E-state index contributed by atoms with van der Waals surface area (Å²) < 4.78 is 0. The number of hydrogen-bond acceptors (Lipinski definition) is 2. The van der Waals surface area contributed by atoms with Crippen LogP contribution < -0.4 is 0 Å². The SMILES string of the molecule is CC1(C)CSC(c2ccccc2)=N1. The predicted octanol–water partition coefficient (Wildman–Crippen LogP) is 2.96. The third-order valence-electron chi connectivity index (χ3n) is 1.99. The Morgan fingerprint density at radius 3 is 2.46 bits per heavy atom. The van der Waals surface area contributed by atoms with Crippen molar-refractivity contribution >= 4 is 16.8 Å². The number of benzene rings is 1. The molecule has 1 aromatic rings. The first-order valence-corrected chi connectivity index (χ1v) is 5.44. The molecule has 13 heavy (non-hydrogen) atoms. The number of thioether (sulfide) groups is 1. The van der Waals surface area contributed by atoms with E-state index in [-0.39, 0.29) is 5.54 Å². The summed E-state index contributed by atoms with van der Waals surface area (Å²) in [5, 5.41) is 1.19. The fraction of sp³-hybridized carbons (Fsp3) is 0.364. The minimum Gasteiger partial charge on any atom is -0.271 e. The van der Waals surface area contributed by atoms with Crippen LogP contribution in [0.1, 0.15) is 19.4 Å². The average Bonchev–Trinajstić information content (AvgIpc) is 2.48. The molecular formula is C11H13NS. The average molecular weight is 191 g/mol. The molecule has 1 aliphatic rings. The maximum Gasteiger partial charge on any atom is 0.0984 e. The molecule has 0 unspecified atom stereocenters. The fourth-order valence-electron chi connectivity index (χ4n) is 1.31. The second-order valence-electron chi connectivity index (χ2n) is 3.88. The molecule has 0 radical (unpaired) electrons. The van der Waals surface area contributed by atoms with E-state index in [1.54, 1.807) is 0 Å². The molecule has 2 heteroatoms. The van der Waals surface area contributed by atoms with Crippen molar-refractivity contribution in [3.05, 3.63) is 35.9 Å². The van der Waals surface area contributed by atoms with Gasteiger partial charge >= 0.3 is 0 Å². The van der Waals surface area contributed by atoms with Crippen molar-refractivity contribution in [3.8, 4) is 0 Å². The van der Waals surface area contributed by atoms with Crippen LogP contribution >= 0.6 is 11.8 Å². The van der Waals surface area contributed by atoms with E-state index in [0.717, 1.165) is 5.75 Å². The van der Waals surface area contributed by atoms with E-state index < -0.39 is 0 Å². The first kappa shape index (κ1) is 8.82. The number of aliphatic imine (C=N–C) groups is 1. The molecule has 0 spiro atoms. The second kappa shape index (κ2) is 3.18. The lowest BCUT2D eigenvalue weighted by Gasteiger charge is -2.09. The number of rotatable bonds is 1. The summed E-state index contributed by atoms with van der Waals surface area (Å²) >= 11 is 1.85. The van der Waals surface area contributed by atoms with E-state index in [9.17, 15) is 0 Å². The quantitative estimate of drug-likeness (QED) is 0.664. The normalized spacial score (nSPS) is 20.0. The van der Waals surface area contributed by atoms with E-state index in [2.05, 4.69) is 43.1 Å². The van der Waals surface area contributed by atoms with Gasteiger partial charge in [-0.3, -0.25) is 4.99 Å². The van der Waals surface area contributed by atoms with Gasteiger partial charge in [0.25, 0.3) is 0 Å². The molecule has 0 amide bonds. The van der Waals surface area contributed by atoms with Gasteiger partial charge in [0.15, 0.2) is 0 Å². The molecule has 0 aromatic heterocycles. The summed E-state index contributed by atoms with van der Waals surface area (Å²) in [4.78, 5) is 4.67. The molecule has 0 saturated heterocycles. The zero-order chi connectivity index (χ0) is 9.31. The summed E-state index contributed by atoms with van der Waals surface area (Å²) in [7, 11) is 0. The highest BCUT2D eigenvalue weighted by molar-refractivity contribution is 8.14. The van der Waals surface area contributed by atoms with Crippen LogP contribution in [0, 0.1) is 0 Å². The topological polar surface area (TPSA) is 12.4 Å². The zero-order valence-corrected chi connectivity index (χ0v) is 8.77. The van der Waals surface area contributed by atoms with Crippen molar-refractivity contribution < 1.29 is 0 Å². The minimum atomic E-state index is 0.121. The van der Waals surface area contributed by atoms with Gasteiger partial charge in [-0.05, 0) is 13.8 Å². The van der Waals surface area contributed by atoms with Gasteiger partial charge in [-0.1, -0.05) is 30.3 Å². The van der Waals surface area contributed by atoms with Crippen LogP contribution in [0.15, 0.2) is 35.3 Å². The monoisotopic (exact) mass is 191 g/mol. The van der Waals surface area contributed by atoms with Gasteiger partial charge in [-0.15, -0.1) is 11.8 Å². The lowest BCUT2D eigenvalue weighted by atomic mass is 10.1. The minimum absolute atomic E-state index is 0.121. The molecule has 0 N–H and O–H groups in total. The Hall–Kier alpha value is -0.760. The van der Waals surface area contributed by atoms with Crippen molar-refractivity contribution in [1.82, 2.24) is 0 Å². The lowest BCUT2D eigenvalue weighted by molar-refractivity contribution is 0.605. The fourth-order valence-corrected chi connectivity index (χ4v) is 2.48. The second-order valence-corrected chi connectivity index (χ2v) is 4.85. The molecule has 0 atom stereocenters. The van der Waals surface area contributed by atoms with E-state index in [1.807, 2.05) is 17.8 Å². The summed E-state index contributed by atoms with van der Waals surface area (Å²) in [6.45, 7) is 4.35. The van der Waals surface area contributed by atoms with Crippen LogP contribution in [0.4, 0.5) is 0 Å². The molecule has 1 aromatic carbocycles. The van der Waals surface area contributed by atoms with Gasteiger partial charge in [-0.2, -0.15) is 0 Å². The van der Waals surface area contributed by atoms with Gasteiger partial charge in [0, 0.05) is 11.3 Å². The van der Waals surface area contributed by atoms with Gasteiger partial charge in [-0.25, -0.2) is 0 Å². The van der Waals surface area contributed by atoms with Gasteiger partial charge in [0.1, 0.15) is 0 Å². The van der Waals surface area contributed by atoms with Gasteiger partial charge < -0.3 is 0 Å². The molecule has 1 heterocycles. The first-order valence-electron chi connectivity index (χ1n) is 4.45. The summed E-state index contributed by atoms with van der Waals surface area (Å²) in [5.41, 5.74) is 1.37. The Bertz CT molecular complexity index is 327. The Balaban J connectivity index is 2.30. The number of hydrogen-bond donors (Lipinski definition) is 0. The molecule has 1 nitrogen and oxygen atoms in total. The molecule has 0 fully saturated rings. The standard InChI is InChI=1S/C11H13NS/c1-11(2)8-13-10(12-11)9-6-4-3-5-7-9/h3-7H,8H2,1-2H3. The van der Waals surface area contributed by atoms with Crippen molar-refractivity contribution in [2.24, 2.45) is 4.99 Å². The van der Waals surface area contributed by atoms with E-state index >= 15 is 0 Å². The molecule has 2 rings (SSSR count). The van der Waals surface area contributed by atoms with Crippen LogP contribution in [0.2, 0.25) is 0 Å². The molecule has 0 bridgehead atoms. The van der Waals surface area contributed by atoms with Crippen LogP contribution in [0.5, 0.6) is 0 Å². The van der Waals surface area contributed by atoms with Crippen LogP contribution in [-0.4, -0.2) is 16.3 Å². The Morgan fingerprint density at radius 1 is 1.23 bits per heavy atom. The van der Waals surface area contributed by atoms with E-state index in [0.29, 0.717) is 0 Å². The molecule has 0 aliphatic carbocycles. The largest absolute Gasteiger partial charge is 0.271 e. The number of nitrogens with zero attached hydrogens (tertiary/aromatic N) is 1. The first-order chi connectivity index (χ1) is 6.17. The Labute approximate surface area is 83.3 Å². The van der Waals surface area contributed by atoms with Crippen LogP contribution in [0.25, 0.3) is 0 Å². The molecular weight excluding hydrogens is 178 g/mol. The van der Waals surface area contributed by atoms with Gasteiger partial charge in [0.05, 0.1) is 10.6 Å². The highest BCUT2D eigenvalue weighted by atomic mass is 32.2. The molecule has 1 aliphatic heterocycles. The van der Waals surface area contributed by atoms with E-state index in [4.69, 9.17) is 0 Å². The van der Waals surface area contributed by atoms with E-state index in [1.165, 1.54) is 10.6 Å². The maximum absolute atomic E-state index is 4.67. The molecule has 0 saturated carbocycles. The predicted molar refractivity (Wildman–Crippen MR) is 59.5 cm³/mol. The zero-order valence-electron chi connectivity index (χ0n) is 7.95. The van der Waals surface area contributed by atoms with Crippen molar-refractivity contribution in [2.45, 2.75) is 19.4 Å². The van der Waals surface area contributed by atoms with Crippen molar-refractivity contribution in [1.29, 1.82) is 0 Å². The van der Waals surface area contributed by atoms with Crippen LogP contribution in [0.3, 0.4) is 0 Å². The Morgan fingerprint density at radius 2 is 1.92 bits per heavy atom.